The summed E-state index contributed by atoms with van der Waals surface area (Å²) in [5.74, 6) is 0. The minimum atomic E-state index is -0.0306. The van der Waals surface area contributed by atoms with Crippen molar-refractivity contribution in [1.29, 1.82) is 0 Å². The molecule has 5 heteroatoms. The lowest BCUT2D eigenvalue weighted by atomic mass is 9.98. The second-order valence-electron chi connectivity index (χ2n) is 5.57. The van der Waals surface area contributed by atoms with Crippen molar-refractivity contribution in [2.45, 2.75) is 4.90 Å². The van der Waals surface area contributed by atoms with Crippen LogP contribution < -0.4 is 5.43 Å². The normalized spacial score (nSPS) is 10.9. The van der Waals surface area contributed by atoms with E-state index in [9.17, 15) is 4.79 Å². The summed E-state index contributed by atoms with van der Waals surface area (Å²) in [5, 5.41) is 0.582. The van der Waals surface area contributed by atoms with Crippen molar-refractivity contribution >= 4 is 22.8 Å². The summed E-state index contributed by atoms with van der Waals surface area (Å²) in [6.45, 7) is 0. The molecule has 0 amide bonds. The quantitative estimate of drug-likeness (QED) is 0.560. The lowest BCUT2D eigenvalue weighted by Crippen LogP contribution is -2.10. The van der Waals surface area contributed by atoms with Gasteiger partial charge in [0.15, 0.2) is 5.43 Å². The Balaban J connectivity index is 2.06. The Bertz CT molecular complexity index is 1090. The van der Waals surface area contributed by atoms with Crippen LogP contribution in [0.15, 0.2) is 76.8 Å². The summed E-state index contributed by atoms with van der Waals surface area (Å²) in [7, 11) is 0. The first-order valence-electron chi connectivity index (χ1n) is 7.84. The van der Waals surface area contributed by atoms with Crippen LogP contribution in [0, 0.1) is 0 Å². The molecule has 0 spiro atoms. The van der Waals surface area contributed by atoms with Gasteiger partial charge in [-0.05, 0) is 53.8 Å². The average molecular weight is 345 g/mol. The number of hydrogen-bond acceptors (Lipinski definition) is 4. The van der Waals surface area contributed by atoms with Gasteiger partial charge in [0.05, 0.1) is 16.6 Å². The van der Waals surface area contributed by atoms with Gasteiger partial charge in [-0.1, -0.05) is 12.1 Å². The number of thioether (sulfide) groups is 1. The van der Waals surface area contributed by atoms with E-state index < -0.39 is 0 Å². The average Bonchev–Trinajstić information content (AvgIpc) is 2.69. The van der Waals surface area contributed by atoms with Gasteiger partial charge in [0, 0.05) is 23.5 Å². The van der Waals surface area contributed by atoms with Crippen molar-refractivity contribution in [2.24, 2.45) is 0 Å². The first kappa shape index (κ1) is 15.6. The van der Waals surface area contributed by atoms with E-state index in [2.05, 4.69) is 27.1 Å². The summed E-state index contributed by atoms with van der Waals surface area (Å²) in [6, 6.07) is 15.4. The van der Waals surface area contributed by atoms with Crippen molar-refractivity contribution in [3.05, 3.63) is 77.3 Å². The van der Waals surface area contributed by atoms with Gasteiger partial charge in [-0.3, -0.25) is 9.78 Å². The molecule has 1 aromatic carbocycles. The van der Waals surface area contributed by atoms with Crippen molar-refractivity contribution in [3.8, 4) is 22.4 Å². The molecule has 25 heavy (non-hydrogen) atoms. The summed E-state index contributed by atoms with van der Waals surface area (Å²) in [5.41, 5.74) is 3.77. The molecule has 0 aliphatic carbocycles. The zero-order valence-electron chi connectivity index (χ0n) is 13.6. The summed E-state index contributed by atoms with van der Waals surface area (Å²) in [4.78, 5) is 26.1. The maximum atomic E-state index is 13.2. The number of aromatic nitrogens is 3. The first-order valence-corrected chi connectivity index (χ1v) is 9.06. The molecule has 122 valence electrons. The third-order valence-electron chi connectivity index (χ3n) is 4.12. The maximum absolute atomic E-state index is 13.2. The van der Waals surface area contributed by atoms with Crippen LogP contribution in [0.3, 0.4) is 0 Å². The molecule has 0 saturated heterocycles. The maximum Gasteiger partial charge on any atom is 0.199 e. The number of nitrogens with one attached hydrogen (secondary N) is 1. The van der Waals surface area contributed by atoms with Crippen molar-refractivity contribution in [1.82, 2.24) is 15.0 Å². The molecular formula is C20H15N3OS. The molecule has 1 N–H and O–H groups in total. The van der Waals surface area contributed by atoms with E-state index in [1.807, 2.05) is 30.5 Å². The van der Waals surface area contributed by atoms with Crippen LogP contribution in [0.5, 0.6) is 0 Å². The van der Waals surface area contributed by atoms with Gasteiger partial charge in [0.1, 0.15) is 5.65 Å². The lowest BCUT2D eigenvalue weighted by Gasteiger charge is -2.12. The minimum absolute atomic E-state index is 0.0306. The van der Waals surface area contributed by atoms with E-state index in [1.54, 1.807) is 42.5 Å². The Labute approximate surface area is 149 Å². The van der Waals surface area contributed by atoms with Crippen molar-refractivity contribution in [3.63, 3.8) is 0 Å². The van der Waals surface area contributed by atoms with Crippen LogP contribution in [0.4, 0.5) is 0 Å². The predicted octanol–water partition coefficient (Wildman–Crippen LogP) is 4.37. The van der Waals surface area contributed by atoms with Gasteiger partial charge in [-0.2, -0.15) is 0 Å². The zero-order valence-corrected chi connectivity index (χ0v) is 14.4. The van der Waals surface area contributed by atoms with Crippen LogP contribution in [-0.4, -0.2) is 21.2 Å². The molecule has 0 saturated carbocycles. The monoisotopic (exact) mass is 345 g/mol. The first-order chi connectivity index (χ1) is 12.3. The molecule has 4 aromatic rings. The minimum Gasteiger partial charge on any atom is -0.339 e. The second-order valence-corrected chi connectivity index (χ2v) is 6.45. The van der Waals surface area contributed by atoms with Gasteiger partial charge in [-0.25, -0.2) is 4.98 Å². The van der Waals surface area contributed by atoms with Gasteiger partial charge >= 0.3 is 0 Å². The topological polar surface area (TPSA) is 58.6 Å². The standard InChI is InChI=1S/C20H15N3OS/c1-25-15-6-4-14(5-7-15)18-17(13-8-11-21-12-9-13)19(24)16-3-2-10-22-20(16)23-18/h2-12H,1H3,(H,22,23,24). The molecule has 0 atom stereocenters. The van der Waals surface area contributed by atoms with E-state index in [-0.39, 0.29) is 5.43 Å². The Kier molecular flexibility index (Phi) is 4.07. The molecule has 0 unspecified atom stereocenters. The largest absolute Gasteiger partial charge is 0.339 e. The molecule has 0 radical (unpaired) electrons. The number of hydrogen-bond donors (Lipinski definition) is 1. The van der Waals surface area contributed by atoms with Crippen LogP contribution in [-0.2, 0) is 0 Å². The van der Waals surface area contributed by atoms with Crippen LogP contribution in [0.25, 0.3) is 33.4 Å². The zero-order chi connectivity index (χ0) is 17.2. The number of rotatable bonds is 3. The van der Waals surface area contributed by atoms with Gasteiger partial charge < -0.3 is 4.98 Å². The molecule has 0 aliphatic rings. The highest BCUT2D eigenvalue weighted by molar-refractivity contribution is 7.98. The van der Waals surface area contributed by atoms with E-state index in [1.165, 1.54) is 4.90 Å². The third kappa shape index (κ3) is 2.83. The molecular weight excluding hydrogens is 330 g/mol. The third-order valence-corrected chi connectivity index (χ3v) is 4.86. The van der Waals surface area contributed by atoms with E-state index in [0.717, 1.165) is 16.8 Å². The Morgan fingerprint density at radius 2 is 1.68 bits per heavy atom. The van der Waals surface area contributed by atoms with E-state index in [0.29, 0.717) is 16.6 Å². The van der Waals surface area contributed by atoms with Crippen LogP contribution >= 0.6 is 11.8 Å². The highest BCUT2D eigenvalue weighted by atomic mass is 32.2. The molecule has 4 rings (SSSR count). The van der Waals surface area contributed by atoms with Gasteiger partial charge in [0.25, 0.3) is 0 Å². The fraction of sp³-hybridized carbons (Fsp3) is 0.0500. The molecule has 0 fully saturated rings. The van der Waals surface area contributed by atoms with Gasteiger partial charge in [-0.15, -0.1) is 11.8 Å². The van der Waals surface area contributed by atoms with Crippen LogP contribution in [0.1, 0.15) is 0 Å². The molecule has 0 bridgehead atoms. The molecule has 4 nitrogen and oxygen atoms in total. The van der Waals surface area contributed by atoms with E-state index >= 15 is 0 Å². The highest BCUT2D eigenvalue weighted by Gasteiger charge is 2.15. The van der Waals surface area contributed by atoms with Crippen molar-refractivity contribution < 1.29 is 0 Å². The fourth-order valence-corrected chi connectivity index (χ4v) is 3.29. The number of aromatic amines is 1. The number of fused-ring (bicyclic) bond motifs is 1. The Morgan fingerprint density at radius 1 is 0.920 bits per heavy atom. The Hall–Kier alpha value is -2.92. The SMILES string of the molecule is CSc1ccc(-c2[nH]c3ncccc3c(=O)c2-c2ccncc2)cc1. The molecule has 3 heterocycles. The van der Waals surface area contributed by atoms with E-state index in [4.69, 9.17) is 0 Å². The smallest absolute Gasteiger partial charge is 0.199 e. The number of H-pyrrole nitrogens is 1. The lowest BCUT2D eigenvalue weighted by molar-refractivity contribution is 1.27. The Morgan fingerprint density at radius 3 is 2.40 bits per heavy atom. The summed E-state index contributed by atoms with van der Waals surface area (Å²) in [6.07, 6.45) is 7.12. The second kappa shape index (κ2) is 6.53. The number of benzene rings is 1. The number of nitrogens with zero attached hydrogens (tertiary/aromatic N) is 2. The van der Waals surface area contributed by atoms with Crippen molar-refractivity contribution in [2.75, 3.05) is 6.26 Å². The van der Waals surface area contributed by atoms with Crippen LogP contribution in [0.2, 0.25) is 0 Å². The summed E-state index contributed by atoms with van der Waals surface area (Å²) < 4.78 is 0. The predicted molar refractivity (Wildman–Crippen MR) is 103 cm³/mol. The fourth-order valence-electron chi connectivity index (χ4n) is 2.89. The molecule has 3 aromatic heterocycles. The summed E-state index contributed by atoms with van der Waals surface area (Å²) >= 11 is 1.69. The molecule has 0 aliphatic heterocycles. The highest BCUT2D eigenvalue weighted by Crippen LogP contribution is 2.30. The number of pyridine rings is 3. The van der Waals surface area contributed by atoms with Gasteiger partial charge in [0.2, 0.25) is 0 Å².